The SMILES string of the molecule is COCCOC(=O)C1=C(C)N(C)C(=S)N[C@@H]1c1cccc(NC(=O)C(C)(C)C)c1. The molecule has 1 atom stereocenters. The standard InChI is InChI=1S/C21H29N3O4S/c1-13-16(18(25)28-11-10-27-6)17(23-20(29)24(13)5)14-8-7-9-15(12-14)22-19(26)21(2,3)4/h7-9,12,17H,10-11H2,1-6H3,(H,22,26)(H,23,29)/t17-/m1/s1. The molecule has 1 aliphatic heterocycles. The molecule has 2 rings (SSSR count). The fraction of sp³-hybridized carbons (Fsp3) is 0.476. The smallest absolute Gasteiger partial charge is 0.338 e. The van der Waals surface area contributed by atoms with Crippen molar-refractivity contribution in [1.82, 2.24) is 10.2 Å². The van der Waals surface area contributed by atoms with Gasteiger partial charge in [-0.15, -0.1) is 0 Å². The maximum Gasteiger partial charge on any atom is 0.338 e. The van der Waals surface area contributed by atoms with Gasteiger partial charge < -0.3 is 25.0 Å². The van der Waals surface area contributed by atoms with E-state index in [0.29, 0.717) is 28.7 Å². The summed E-state index contributed by atoms with van der Waals surface area (Å²) in [6, 6.07) is 6.88. The summed E-state index contributed by atoms with van der Waals surface area (Å²) >= 11 is 5.42. The first-order valence-corrected chi connectivity index (χ1v) is 9.79. The van der Waals surface area contributed by atoms with E-state index in [-0.39, 0.29) is 12.5 Å². The predicted octanol–water partition coefficient (Wildman–Crippen LogP) is 3.00. The number of nitrogens with zero attached hydrogens (tertiary/aromatic N) is 1. The maximum absolute atomic E-state index is 12.8. The number of rotatable bonds is 6. The van der Waals surface area contributed by atoms with Crippen molar-refractivity contribution in [2.75, 3.05) is 32.7 Å². The lowest BCUT2D eigenvalue weighted by molar-refractivity contribution is -0.140. The van der Waals surface area contributed by atoms with E-state index >= 15 is 0 Å². The molecule has 0 aromatic heterocycles. The Morgan fingerprint density at radius 3 is 2.59 bits per heavy atom. The quantitative estimate of drug-likeness (QED) is 0.417. The number of allylic oxidation sites excluding steroid dienone is 1. The molecule has 1 aromatic rings. The van der Waals surface area contributed by atoms with Gasteiger partial charge in [-0.3, -0.25) is 4.79 Å². The lowest BCUT2D eigenvalue weighted by atomic mass is 9.94. The number of thiocarbonyl (C=S) groups is 1. The number of hydrogen-bond acceptors (Lipinski definition) is 5. The molecule has 8 heteroatoms. The zero-order valence-electron chi connectivity index (χ0n) is 17.8. The minimum absolute atomic E-state index is 0.0903. The van der Waals surface area contributed by atoms with Crippen molar-refractivity contribution >= 4 is 34.9 Å². The molecule has 2 N–H and O–H groups in total. The van der Waals surface area contributed by atoms with Crippen molar-refractivity contribution in [2.45, 2.75) is 33.7 Å². The van der Waals surface area contributed by atoms with E-state index in [1.807, 2.05) is 52.0 Å². The summed E-state index contributed by atoms with van der Waals surface area (Å²) in [6.45, 7) is 7.86. The van der Waals surface area contributed by atoms with Gasteiger partial charge in [0.25, 0.3) is 0 Å². The van der Waals surface area contributed by atoms with Crippen LogP contribution in [0.4, 0.5) is 5.69 Å². The topological polar surface area (TPSA) is 79.9 Å². The molecule has 0 radical (unpaired) electrons. The number of anilines is 1. The van der Waals surface area contributed by atoms with Crippen molar-refractivity contribution in [2.24, 2.45) is 5.41 Å². The van der Waals surface area contributed by atoms with Crippen LogP contribution in [0.2, 0.25) is 0 Å². The molecule has 0 aliphatic carbocycles. The highest BCUT2D eigenvalue weighted by molar-refractivity contribution is 7.80. The van der Waals surface area contributed by atoms with Gasteiger partial charge in [-0.1, -0.05) is 32.9 Å². The fourth-order valence-corrected chi connectivity index (χ4v) is 3.01. The highest BCUT2D eigenvalue weighted by Crippen LogP contribution is 2.32. The summed E-state index contributed by atoms with van der Waals surface area (Å²) in [6.07, 6.45) is 0. The Balaban J connectivity index is 2.37. The Morgan fingerprint density at radius 1 is 1.28 bits per heavy atom. The number of ether oxygens (including phenoxy) is 2. The van der Waals surface area contributed by atoms with Crippen molar-refractivity contribution < 1.29 is 19.1 Å². The summed E-state index contributed by atoms with van der Waals surface area (Å²) in [4.78, 5) is 26.9. The number of hydrogen-bond donors (Lipinski definition) is 2. The van der Waals surface area contributed by atoms with Gasteiger partial charge in [0.2, 0.25) is 5.91 Å². The summed E-state index contributed by atoms with van der Waals surface area (Å²) in [5, 5.41) is 6.62. The van der Waals surface area contributed by atoms with E-state index in [4.69, 9.17) is 21.7 Å². The summed E-state index contributed by atoms with van der Waals surface area (Å²) in [7, 11) is 3.34. The van der Waals surface area contributed by atoms with Gasteiger partial charge in [-0.2, -0.15) is 0 Å². The fourth-order valence-electron chi connectivity index (χ4n) is 2.76. The van der Waals surface area contributed by atoms with E-state index in [1.54, 1.807) is 19.1 Å². The molecule has 29 heavy (non-hydrogen) atoms. The monoisotopic (exact) mass is 419 g/mol. The molecule has 0 fully saturated rings. The first-order chi connectivity index (χ1) is 13.6. The molecule has 1 heterocycles. The number of carbonyl (C=O) groups excluding carboxylic acids is 2. The largest absolute Gasteiger partial charge is 0.460 e. The van der Waals surface area contributed by atoms with Crippen LogP contribution in [0.1, 0.15) is 39.3 Å². The minimum atomic E-state index is -0.518. The highest BCUT2D eigenvalue weighted by Gasteiger charge is 2.33. The second-order valence-corrected chi connectivity index (χ2v) is 8.29. The number of benzene rings is 1. The van der Waals surface area contributed by atoms with Crippen LogP contribution in [0.5, 0.6) is 0 Å². The van der Waals surface area contributed by atoms with Crippen LogP contribution in [0.15, 0.2) is 35.5 Å². The van der Waals surface area contributed by atoms with Crippen LogP contribution in [0.25, 0.3) is 0 Å². The Bertz CT molecular complexity index is 829. The predicted molar refractivity (Wildman–Crippen MR) is 116 cm³/mol. The Morgan fingerprint density at radius 2 is 1.97 bits per heavy atom. The maximum atomic E-state index is 12.8. The number of carbonyl (C=O) groups is 2. The summed E-state index contributed by atoms with van der Waals surface area (Å²) in [5.41, 5.74) is 2.11. The van der Waals surface area contributed by atoms with Crippen LogP contribution in [0, 0.1) is 5.41 Å². The Labute approximate surface area is 177 Å². The Kier molecular flexibility index (Phi) is 7.37. The van der Waals surface area contributed by atoms with Crippen LogP contribution in [0.3, 0.4) is 0 Å². The molecule has 158 valence electrons. The lowest BCUT2D eigenvalue weighted by Crippen LogP contribution is -2.46. The van der Waals surface area contributed by atoms with Gasteiger partial charge >= 0.3 is 5.97 Å². The second-order valence-electron chi connectivity index (χ2n) is 7.90. The van der Waals surface area contributed by atoms with E-state index < -0.39 is 17.4 Å². The zero-order valence-corrected chi connectivity index (χ0v) is 18.6. The van der Waals surface area contributed by atoms with Gasteiger partial charge in [0.05, 0.1) is 18.2 Å². The van der Waals surface area contributed by atoms with E-state index in [1.165, 1.54) is 0 Å². The average Bonchev–Trinajstić information content (AvgIpc) is 2.65. The molecule has 1 aliphatic rings. The van der Waals surface area contributed by atoms with Crippen molar-refractivity contribution in [3.8, 4) is 0 Å². The molecule has 1 amide bonds. The summed E-state index contributed by atoms with van der Waals surface area (Å²) < 4.78 is 10.3. The van der Waals surface area contributed by atoms with Gasteiger partial charge in [-0.05, 0) is 36.8 Å². The van der Waals surface area contributed by atoms with Crippen molar-refractivity contribution in [3.05, 3.63) is 41.1 Å². The van der Waals surface area contributed by atoms with E-state index in [0.717, 1.165) is 5.56 Å². The third-order valence-corrected chi connectivity index (χ3v) is 5.05. The van der Waals surface area contributed by atoms with Crippen LogP contribution in [-0.2, 0) is 19.1 Å². The molecule has 0 spiro atoms. The number of methoxy groups -OCH3 is 1. The molecule has 0 saturated heterocycles. The van der Waals surface area contributed by atoms with Gasteiger partial charge in [-0.25, -0.2) is 4.79 Å². The average molecular weight is 420 g/mol. The van der Waals surface area contributed by atoms with Crippen LogP contribution >= 0.6 is 12.2 Å². The number of esters is 1. The Hall–Kier alpha value is -2.45. The molecule has 0 bridgehead atoms. The first-order valence-electron chi connectivity index (χ1n) is 9.38. The second kappa shape index (κ2) is 9.37. The number of amides is 1. The van der Waals surface area contributed by atoms with Gasteiger partial charge in [0.15, 0.2) is 5.11 Å². The highest BCUT2D eigenvalue weighted by atomic mass is 32.1. The molecule has 1 aromatic carbocycles. The van der Waals surface area contributed by atoms with Crippen molar-refractivity contribution in [3.63, 3.8) is 0 Å². The van der Waals surface area contributed by atoms with E-state index in [9.17, 15) is 9.59 Å². The van der Waals surface area contributed by atoms with E-state index in [2.05, 4.69) is 10.6 Å². The van der Waals surface area contributed by atoms with Gasteiger partial charge in [0.1, 0.15) is 6.61 Å². The van der Waals surface area contributed by atoms with Crippen molar-refractivity contribution in [1.29, 1.82) is 0 Å². The number of nitrogens with one attached hydrogen (secondary N) is 2. The zero-order chi connectivity index (χ0) is 21.8. The summed E-state index contributed by atoms with van der Waals surface area (Å²) in [5.74, 6) is -0.525. The molecular formula is C21H29N3O4S. The van der Waals surface area contributed by atoms with Gasteiger partial charge in [0, 0.05) is 31.0 Å². The lowest BCUT2D eigenvalue weighted by Gasteiger charge is -2.35. The van der Waals surface area contributed by atoms with Crippen LogP contribution < -0.4 is 10.6 Å². The third kappa shape index (κ3) is 5.55. The normalized spacial score (nSPS) is 17.1. The first kappa shape index (κ1) is 22.8. The minimum Gasteiger partial charge on any atom is -0.460 e. The third-order valence-electron chi connectivity index (χ3n) is 4.65. The molecule has 0 unspecified atom stereocenters. The molecule has 0 saturated carbocycles. The van der Waals surface area contributed by atoms with Crippen LogP contribution in [-0.4, -0.2) is 49.3 Å². The molecular weight excluding hydrogens is 390 g/mol. The molecule has 7 nitrogen and oxygen atoms in total.